The third kappa shape index (κ3) is 4.84. The molecule has 11 heteroatoms. The molecule has 1 unspecified atom stereocenters. The minimum Gasteiger partial charge on any atom is -0.455 e. The average molecular weight is 470 g/mol. The van der Waals surface area contributed by atoms with Crippen LogP contribution in [0.2, 0.25) is 15.1 Å². The van der Waals surface area contributed by atoms with Gasteiger partial charge < -0.3 is 10.1 Å². The minimum atomic E-state index is -0.702. The number of carbonyl (C=O) groups is 1. The Labute approximate surface area is 186 Å². The van der Waals surface area contributed by atoms with Crippen LogP contribution >= 0.6 is 34.8 Å². The lowest BCUT2D eigenvalue weighted by atomic mass is 10.2. The Bertz CT molecular complexity index is 1130. The molecule has 0 fully saturated rings. The fourth-order valence-electron chi connectivity index (χ4n) is 2.66. The van der Waals surface area contributed by atoms with Gasteiger partial charge in [-0.1, -0.05) is 34.8 Å². The van der Waals surface area contributed by atoms with Gasteiger partial charge >= 0.3 is 0 Å². The first kappa shape index (κ1) is 21.9. The zero-order valence-electron chi connectivity index (χ0n) is 15.7. The number of nitro benzene ring substituents is 1. The van der Waals surface area contributed by atoms with E-state index in [1.165, 1.54) is 41.2 Å². The van der Waals surface area contributed by atoms with Gasteiger partial charge in [0.25, 0.3) is 5.69 Å². The molecule has 30 heavy (non-hydrogen) atoms. The number of hydrogen-bond acceptors (Lipinski definition) is 5. The predicted molar refractivity (Wildman–Crippen MR) is 115 cm³/mol. The molecule has 0 bridgehead atoms. The smallest absolute Gasteiger partial charge is 0.275 e. The van der Waals surface area contributed by atoms with Crippen LogP contribution in [0.4, 0.5) is 11.4 Å². The summed E-state index contributed by atoms with van der Waals surface area (Å²) >= 11 is 18.0. The predicted octanol–water partition coefficient (Wildman–Crippen LogP) is 6.05. The van der Waals surface area contributed by atoms with Crippen LogP contribution in [0.1, 0.15) is 18.7 Å². The fourth-order valence-corrected chi connectivity index (χ4v) is 3.23. The van der Waals surface area contributed by atoms with Crippen molar-refractivity contribution < 1.29 is 14.5 Å². The number of nitrogens with zero attached hydrogens (tertiary/aromatic N) is 3. The first-order valence-corrected chi connectivity index (χ1v) is 9.72. The summed E-state index contributed by atoms with van der Waals surface area (Å²) in [4.78, 5) is 23.4. The highest BCUT2D eigenvalue weighted by atomic mass is 35.5. The van der Waals surface area contributed by atoms with Gasteiger partial charge in [-0.15, -0.1) is 0 Å². The lowest BCUT2D eigenvalue weighted by Crippen LogP contribution is -2.25. The molecule has 8 nitrogen and oxygen atoms in total. The molecule has 2 aromatic carbocycles. The summed E-state index contributed by atoms with van der Waals surface area (Å²) < 4.78 is 7.12. The number of rotatable bonds is 6. The lowest BCUT2D eigenvalue weighted by Gasteiger charge is -2.15. The van der Waals surface area contributed by atoms with E-state index in [0.717, 1.165) is 0 Å². The number of ether oxygens (including phenoxy) is 1. The number of nitro groups is 1. The first-order chi connectivity index (χ1) is 14.2. The van der Waals surface area contributed by atoms with E-state index < -0.39 is 16.9 Å². The Hall–Kier alpha value is -2.81. The lowest BCUT2D eigenvalue weighted by molar-refractivity contribution is -0.384. The second-order valence-electron chi connectivity index (χ2n) is 6.34. The van der Waals surface area contributed by atoms with Crippen LogP contribution in [0, 0.1) is 17.0 Å². The molecule has 3 rings (SSSR count). The second-order valence-corrected chi connectivity index (χ2v) is 7.59. The van der Waals surface area contributed by atoms with Crippen molar-refractivity contribution in [2.75, 3.05) is 5.32 Å². The van der Waals surface area contributed by atoms with Crippen LogP contribution < -0.4 is 10.1 Å². The van der Waals surface area contributed by atoms with Crippen molar-refractivity contribution in [1.29, 1.82) is 0 Å². The Kier molecular flexibility index (Phi) is 6.50. The van der Waals surface area contributed by atoms with Crippen molar-refractivity contribution in [3.63, 3.8) is 0 Å². The fraction of sp³-hybridized carbons (Fsp3) is 0.158. The van der Waals surface area contributed by atoms with Crippen LogP contribution in [-0.2, 0) is 4.79 Å². The van der Waals surface area contributed by atoms with Gasteiger partial charge in [-0.2, -0.15) is 5.10 Å². The molecule has 0 spiro atoms. The number of non-ortho nitro benzene ring substituents is 1. The molecular weight excluding hydrogens is 455 g/mol. The molecule has 156 valence electrons. The standard InChI is InChI=1S/C19H15Cl3N4O4/c1-10-17(22)9-23-25(10)11(2)19(27)24-13-6-14(26(28)29)8-15(7-13)30-18-4-3-12(20)5-16(18)21/h3-9,11H,1-2H3,(H,24,27). The maximum Gasteiger partial charge on any atom is 0.275 e. The monoisotopic (exact) mass is 468 g/mol. The Morgan fingerprint density at radius 2 is 1.93 bits per heavy atom. The van der Waals surface area contributed by atoms with E-state index in [0.29, 0.717) is 15.7 Å². The van der Waals surface area contributed by atoms with Crippen LogP contribution in [0.25, 0.3) is 0 Å². The number of aromatic nitrogens is 2. The SMILES string of the molecule is Cc1c(Cl)cnn1C(C)C(=O)Nc1cc(Oc2ccc(Cl)cc2Cl)cc([N+](=O)[O-])c1. The average Bonchev–Trinajstić information content (AvgIpc) is 3.02. The van der Waals surface area contributed by atoms with E-state index in [9.17, 15) is 14.9 Å². The molecule has 3 aromatic rings. The van der Waals surface area contributed by atoms with Gasteiger partial charge in [0.1, 0.15) is 17.5 Å². The van der Waals surface area contributed by atoms with Crippen molar-refractivity contribution in [1.82, 2.24) is 9.78 Å². The highest BCUT2D eigenvalue weighted by molar-refractivity contribution is 6.35. The third-order valence-electron chi connectivity index (χ3n) is 4.22. The van der Waals surface area contributed by atoms with E-state index in [4.69, 9.17) is 39.5 Å². The molecular formula is C19H15Cl3N4O4. The van der Waals surface area contributed by atoms with Crippen molar-refractivity contribution >= 4 is 52.1 Å². The maximum atomic E-state index is 12.7. The topological polar surface area (TPSA) is 99.3 Å². The highest BCUT2D eigenvalue weighted by Crippen LogP contribution is 2.34. The minimum absolute atomic E-state index is 0.120. The maximum absolute atomic E-state index is 12.7. The number of hydrogen-bond donors (Lipinski definition) is 1. The molecule has 1 aromatic heterocycles. The van der Waals surface area contributed by atoms with Crippen molar-refractivity contribution in [3.05, 3.63) is 73.5 Å². The number of carbonyl (C=O) groups excluding carboxylic acids is 1. The summed E-state index contributed by atoms with van der Waals surface area (Å²) in [5.74, 6) is -0.0578. The van der Waals surface area contributed by atoms with Crippen molar-refractivity contribution in [3.8, 4) is 11.5 Å². The van der Waals surface area contributed by atoms with E-state index in [2.05, 4.69) is 10.4 Å². The summed E-state index contributed by atoms with van der Waals surface area (Å²) in [5, 5.41) is 19.1. The summed E-state index contributed by atoms with van der Waals surface area (Å²) in [6.45, 7) is 3.36. The molecule has 1 amide bonds. The summed E-state index contributed by atoms with van der Waals surface area (Å²) in [6, 6.07) is 7.79. The molecule has 1 N–H and O–H groups in total. The van der Waals surface area contributed by atoms with E-state index >= 15 is 0 Å². The van der Waals surface area contributed by atoms with Crippen LogP contribution in [0.3, 0.4) is 0 Å². The zero-order chi connectivity index (χ0) is 22.0. The van der Waals surface area contributed by atoms with E-state index in [1.54, 1.807) is 19.9 Å². The van der Waals surface area contributed by atoms with E-state index in [-0.39, 0.29) is 27.9 Å². The number of amides is 1. The number of halogens is 3. The van der Waals surface area contributed by atoms with Crippen LogP contribution in [0.5, 0.6) is 11.5 Å². The quantitative estimate of drug-likeness (QED) is 0.350. The second kappa shape index (κ2) is 8.91. The largest absolute Gasteiger partial charge is 0.455 e. The summed E-state index contributed by atoms with van der Waals surface area (Å²) in [5.41, 5.74) is 0.538. The van der Waals surface area contributed by atoms with Gasteiger partial charge in [0.2, 0.25) is 5.91 Å². The summed E-state index contributed by atoms with van der Waals surface area (Å²) in [7, 11) is 0. The number of anilines is 1. The van der Waals surface area contributed by atoms with Crippen LogP contribution in [-0.4, -0.2) is 20.6 Å². The normalized spacial score (nSPS) is 11.8. The van der Waals surface area contributed by atoms with E-state index in [1.807, 2.05) is 0 Å². The molecule has 0 radical (unpaired) electrons. The van der Waals surface area contributed by atoms with Gasteiger partial charge in [0, 0.05) is 17.2 Å². The molecule has 1 atom stereocenters. The van der Waals surface area contributed by atoms with Gasteiger partial charge in [-0.3, -0.25) is 19.6 Å². The molecule has 0 saturated carbocycles. The first-order valence-electron chi connectivity index (χ1n) is 8.58. The van der Waals surface area contributed by atoms with Gasteiger partial charge in [-0.25, -0.2) is 0 Å². The Morgan fingerprint density at radius 3 is 2.53 bits per heavy atom. The summed E-state index contributed by atoms with van der Waals surface area (Å²) in [6.07, 6.45) is 1.44. The zero-order valence-corrected chi connectivity index (χ0v) is 18.0. The van der Waals surface area contributed by atoms with Gasteiger partial charge in [0.05, 0.1) is 38.6 Å². The Morgan fingerprint density at radius 1 is 1.20 bits per heavy atom. The molecule has 0 saturated heterocycles. The van der Waals surface area contributed by atoms with Crippen LogP contribution in [0.15, 0.2) is 42.6 Å². The molecule has 0 aliphatic carbocycles. The molecule has 0 aliphatic heterocycles. The molecule has 0 aliphatic rings. The Balaban J connectivity index is 1.87. The number of benzene rings is 2. The van der Waals surface area contributed by atoms with Crippen molar-refractivity contribution in [2.24, 2.45) is 0 Å². The third-order valence-corrected chi connectivity index (χ3v) is 5.12. The van der Waals surface area contributed by atoms with Crippen molar-refractivity contribution in [2.45, 2.75) is 19.9 Å². The molecule has 1 heterocycles. The number of nitrogens with one attached hydrogen (secondary N) is 1. The highest BCUT2D eigenvalue weighted by Gasteiger charge is 2.20. The van der Waals surface area contributed by atoms with Gasteiger partial charge in [0.15, 0.2) is 0 Å². The van der Waals surface area contributed by atoms with Gasteiger partial charge in [-0.05, 0) is 32.0 Å².